The van der Waals surface area contributed by atoms with Crippen molar-refractivity contribution in [2.75, 3.05) is 5.75 Å². The molecule has 0 spiro atoms. The fourth-order valence-electron chi connectivity index (χ4n) is 1.25. The number of nitrogens with zero attached hydrogens (tertiary/aromatic N) is 1. The van der Waals surface area contributed by atoms with E-state index in [4.69, 9.17) is 0 Å². The van der Waals surface area contributed by atoms with E-state index >= 15 is 0 Å². The number of nitrogens with one attached hydrogen (secondary N) is 1. The number of H-pyrrole nitrogens is 1. The molecule has 2 nitrogen and oxygen atoms in total. The molecular formula is C11H12N2S. The minimum absolute atomic E-state index is 1.09. The van der Waals surface area contributed by atoms with Gasteiger partial charge in [0.05, 0.1) is 5.03 Å². The van der Waals surface area contributed by atoms with Crippen LogP contribution in [0, 0.1) is 0 Å². The minimum Gasteiger partial charge on any atom is -0.272 e. The molecule has 14 heavy (non-hydrogen) atoms. The Labute approximate surface area is 87.7 Å². The number of benzene rings is 1. The lowest BCUT2D eigenvalue weighted by atomic mass is 10.2. The summed E-state index contributed by atoms with van der Waals surface area (Å²) in [6.07, 6.45) is 2.88. The Kier molecular flexibility index (Phi) is 3.24. The highest BCUT2D eigenvalue weighted by atomic mass is 32.2. The second-order valence-corrected chi connectivity index (χ2v) is 4.14. The van der Waals surface area contributed by atoms with Gasteiger partial charge in [-0.3, -0.25) is 5.10 Å². The largest absolute Gasteiger partial charge is 0.272 e. The van der Waals surface area contributed by atoms with E-state index in [0.717, 1.165) is 17.2 Å². The molecule has 0 saturated carbocycles. The second kappa shape index (κ2) is 4.86. The van der Waals surface area contributed by atoms with Crippen molar-refractivity contribution >= 4 is 11.8 Å². The van der Waals surface area contributed by atoms with Gasteiger partial charge in [0, 0.05) is 11.9 Å². The van der Waals surface area contributed by atoms with Crippen LogP contribution in [0.4, 0.5) is 0 Å². The van der Waals surface area contributed by atoms with Crippen LogP contribution < -0.4 is 0 Å². The van der Waals surface area contributed by atoms with Crippen LogP contribution in [0.25, 0.3) is 0 Å². The zero-order valence-corrected chi connectivity index (χ0v) is 8.63. The third kappa shape index (κ3) is 2.64. The monoisotopic (exact) mass is 204 g/mol. The lowest BCUT2D eigenvalue weighted by molar-refractivity contribution is 1.00. The summed E-state index contributed by atoms with van der Waals surface area (Å²) in [4.78, 5) is 0. The van der Waals surface area contributed by atoms with E-state index in [2.05, 4.69) is 34.5 Å². The molecule has 1 heterocycles. The van der Waals surface area contributed by atoms with Crippen LogP contribution in [0.3, 0.4) is 0 Å². The molecule has 1 N–H and O–H groups in total. The fourth-order valence-corrected chi connectivity index (χ4v) is 2.08. The van der Waals surface area contributed by atoms with E-state index in [1.165, 1.54) is 5.56 Å². The van der Waals surface area contributed by atoms with Gasteiger partial charge < -0.3 is 0 Å². The van der Waals surface area contributed by atoms with Crippen LogP contribution in [0.5, 0.6) is 0 Å². The molecule has 0 atom stereocenters. The number of thioether (sulfide) groups is 1. The summed E-state index contributed by atoms with van der Waals surface area (Å²) in [6, 6.07) is 12.5. The van der Waals surface area contributed by atoms with Crippen molar-refractivity contribution in [1.82, 2.24) is 10.2 Å². The van der Waals surface area contributed by atoms with Gasteiger partial charge >= 0.3 is 0 Å². The third-order valence-electron chi connectivity index (χ3n) is 1.97. The van der Waals surface area contributed by atoms with Crippen LogP contribution in [0.1, 0.15) is 5.56 Å². The predicted molar refractivity (Wildman–Crippen MR) is 59.5 cm³/mol. The SMILES string of the molecule is c1ccc(CCSc2ccn[nH]2)cc1. The Morgan fingerprint density at radius 2 is 2.00 bits per heavy atom. The zero-order valence-electron chi connectivity index (χ0n) is 7.81. The average Bonchev–Trinajstić information content (AvgIpc) is 2.72. The first-order valence-corrected chi connectivity index (χ1v) is 5.60. The van der Waals surface area contributed by atoms with Crippen LogP contribution >= 0.6 is 11.8 Å². The minimum atomic E-state index is 1.09. The van der Waals surface area contributed by atoms with E-state index in [0.29, 0.717) is 0 Å². The van der Waals surface area contributed by atoms with Gasteiger partial charge in [-0.1, -0.05) is 30.3 Å². The van der Waals surface area contributed by atoms with E-state index in [1.807, 2.05) is 12.1 Å². The Balaban J connectivity index is 1.79. The fraction of sp³-hybridized carbons (Fsp3) is 0.182. The standard InChI is InChI=1S/C11H12N2S/c1-2-4-10(5-3-1)7-9-14-11-6-8-12-13-11/h1-6,8H,7,9H2,(H,12,13). The molecule has 2 aromatic rings. The number of aryl methyl sites for hydroxylation is 1. The van der Waals surface area contributed by atoms with Gasteiger partial charge in [0.1, 0.15) is 0 Å². The van der Waals surface area contributed by atoms with Crippen molar-refractivity contribution in [3.05, 3.63) is 48.2 Å². The maximum absolute atomic E-state index is 3.90. The molecule has 1 aromatic carbocycles. The van der Waals surface area contributed by atoms with Gasteiger partial charge in [-0.25, -0.2) is 0 Å². The zero-order chi connectivity index (χ0) is 9.64. The predicted octanol–water partition coefficient (Wildman–Crippen LogP) is 2.74. The summed E-state index contributed by atoms with van der Waals surface area (Å²) < 4.78 is 0. The summed E-state index contributed by atoms with van der Waals surface area (Å²) in [5.41, 5.74) is 1.39. The average molecular weight is 204 g/mol. The quantitative estimate of drug-likeness (QED) is 0.776. The summed E-state index contributed by atoms with van der Waals surface area (Å²) in [5, 5.41) is 7.98. The van der Waals surface area contributed by atoms with Gasteiger partial charge in [0.2, 0.25) is 0 Å². The molecule has 0 amide bonds. The number of rotatable bonds is 4. The van der Waals surface area contributed by atoms with Crippen molar-refractivity contribution in [1.29, 1.82) is 0 Å². The van der Waals surface area contributed by atoms with E-state index in [9.17, 15) is 0 Å². The second-order valence-electron chi connectivity index (χ2n) is 3.00. The Bertz CT molecular complexity index is 356. The van der Waals surface area contributed by atoms with Crippen LogP contribution in [-0.4, -0.2) is 16.0 Å². The van der Waals surface area contributed by atoms with E-state index in [-0.39, 0.29) is 0 Å². The summed E-state index contributed by atoms with van der Waals surface area (Å²) in [5.74, 6) is 1.09. The molecule has 0 saturated heterocycles. The number of hydrogen-bond acceptors (Lipinski definition) is 2. The molecule has 0 fully saturated rings. The summed E-state index contributed by atoms with van der Waals surface area (Å²) in [7, 11) is 0. The molecule has 0 aliphatic carbocycles. The van der Waals surface area contributed by atoms with E-state index < -0.39 is 0 Å². The van der Waals surface area contributed by atoms with Crippen molar-refractivity contribution in [3.8, 4) is 0 Å². The summed E-state index contributed by atoms with van der Waals surface area (Å²) in [6.45, 7) is 0. The normalized spacial score (nSPS) is 10.3. The highest BCUT2D eigenvalue weighted by molar-refractivity contribution is 7.99. The molecule has 2 rings (SSSR count). The molecule has 0 aliphatic rings. The molecular weight excluding hydrogens is 192 g/mol. The van der Waals surface area contributed by atoms with Crippen molar-refractivity contribution in [2.24, 2.45) is 0 Å². The highest BCUT2D eigenvalue weighted by Gasteiger charge is 1.95. The lowest BCUT2D eigenvalue weighted by Gasteiger charge is -1.99. The number of aromatic nitrogens is 2. The van der Waals surface area contributed by atoms with Gasteiger partial charge in [-0.2, -0.15) is 5.10 Å². The molecule has 0 aliphatic heterocycles. The highest BCUT2D eigenvalue weighted by Crippen LogP contribution is 2.15. The molecule has 3 heteroatoms. The van der Waals surface area contributed by atoms with Crippen molar-refractivity contribution in [2.45, 2.75) is 11.4 Å². The van der Waals surface area contributed by atoms with Gasteiger partial charge in [-0.05, 0) is 18.1 Å². The molecule has 0 bridgehead atoms. The number of hydrogen-bond donors (Lipinski definition) is 1. The van der Waals surface area contributed by atoms with E-state index in [1.54, 1.807) is 18.0 Å². The van der Waals surface area contributed by atoms with Gasteiger partial charge in [0.25, 0.3) is 0 Å². The Hall–Kier alpha value is -1.22. The Morgan fingerprint density at radius 3 is 2.71 bits per heavy atom. The molecule has 0 unspecified atom stereocenters. The molecule has 0 radical (unpaired) electrons. The third-order valence-corrected chi connectivity index (χ3v) is 2.91. The molecule has 1 aromatic heterocycles. The van der Waals surface area contributed by atoms with Gasteiger partial charge in [-0.15, -0.1) is 11.8 Å². The first-order valence-electron chi connectivity index (χ1n) is 4.61. The maximum atomic E-state index is 3.90. The molecule has 72 valence electrons. The lowest BCUT2D eigenvalue weighted by Crippen LogP contribution is -1.87. The maximum Gasteiger partial charge on any atom is 0.0907 e. The van der Waals surface area contributed by atoms with Crippen LogP contribution in [0.15, 0.2) is 47.6 Å². The Morgan fingerprint density at radius 1 is 1.14 bits per heavy atom. The topological polar surface area (TPSA) is 28.7 Å². The van der Waals surface area contributed by atoms with Gasteiger partial charge in [0.15, 0.2) is 0 Å². The first kappa shape index (κ1) is 9.34. The van der Waals surface area contributed by atoms with Crippen molar-refractivity contribution < 1.29 is 0 Å². The first-order chi connectivity index (χ1) is 6.95. The summed E-state index contributed by atoms with van der Waals surface area (Å²) >= 11 is 1.80. The van der Waals surface area contributed by atoms with Crippen LogP contribution in [-0.2, 0) is 6.42 Å². The van der Waals surface area contributed by atoms with Crippen molar-refractivity contribution in [3.63, 3.8) is 0 Å². The number of aromatic amines is 1. The smallest absolute Gasteiger partial charge is 0.0907 e. The van der Waals surface area contributed by atoms with Crippen LogP contribution in [0.2, 0.25) is 0 Å².